The Morgan fingerprint density at radius 1 is 0.467 bits per heavy atom. The van der Waals surface area contributed by atoms with Gasteiger partial charge in [-0.3, -0.25) is 24.5 Å². The van der Waals surface area contributed by atoms with Crippen molar-refractivity contribution in [2.24, 2.45) is 132 Å². The van der Waals surface area contributed by atoms with E-state index in [2.05, 4.69) is 168 Å². The van der Waals surface area contributed by atoms with E-state index < -0.39 is 0 Å². The second-order valence-corrected chi connectivity index (χ2v) is 40.7. The highest BCUT2D eigenvalue weighted by Crippen LogP contribution is 2.72. The zero-order valence-corrected chi connectivity index (χ0v) is 67.8. The summed E-state index contributed by atoms with van der Waals surface area (Å²) in [5.74, 6) is 11.7. The van der Waals surface area contributed by atoms with Gasteiger partial charge in [0.25, 0.3) is 0 Å². The summed E-state index contributed by atoms with van der Waals surface area (Å²) in [6, 6.07) is 6.73. The van der Waals surface area contributed by atoms with Crippen molar-refractivity contribution in [3.63, 3.8) is 0 Å². The van der Waals surface area contributed by atoms with Gasteiger partial charge in [0.05, 0.1) is 25.7 Å². The summed E-state index contributed by atoms with van der Waals surface area (Å²) in [6.45, 7) is 26.7. The lowest BCUT2D eigenvalue weighted by molar-refractivity contribution is -0.151. The molecule has 0 aromatic carbocycles. The van der Waals surface area contributed by atoms with Crippen molar-refractivity contribution in [3.05, 3.63) is 150 Å². The first-order valence-electron chi connectivity index (χ1n) is 43.7. The minimum Gasteiger partial charge on any atom is -0.495 e. The van der Waals surface area contributed by atoms with E-state index in [1.807, 2.05) is 37.3 Å². The molecule has 8 unspecified atom stereocenters. The molecule has 4 aromatic rings. The average Bonchev–Trinajstić information content (AvgIpc) is 1.72. The maximum Gasteiger partial charge on any atom is 0.137 e. The van der Waals surface area contributed by atoms with Gasteiger partial charge in [0.15, 0.2) is 0 Å². The van der Waals surface area contributed by atoms with Crippen LogP contribution in [0.3, 0.4) is 0 Å². The molecule has 9 nitrogen and oxygen atoms in total. The number of methoxy groups -OCH3 is 1. The fourth-order valence-corrected chi connectivity index (χ4v) is 30.3. The molecule has 24 atom stereocenters. The number of carbonyl (C=O) groups excluding carboxylic acids is 2. The van der Waals surface area contributed by atoms with Crippen LogP contribution in [0.5, 0.6) is 5.75 Å². The predicted octanol–water partition coefficient (Wildman–Crippen LogP) is 23.3. The van der Waals surface area contributed by atoms with Gasteiger partial charge in [0.1, 0.15) is 17.3 Å². The number of allylic oxidation sites excluding steroid dienone is 12. The van der Waals surface area contributed by atoms with Crippen LogP contribution < -0.4 is 4.74 Å². The SMILES string of the molecule is COc1cncc(C2=CC[C@H]3[C@@H]4CC(=O)C5CCCC[C@]5(C)C4CC[C@]23C)c1.C[C@H]1CC[C@@]2(C)C(=CC[C@H]3C4=CC=C(n5ccnc5)[C@@]4(C)CCC32)C1.Cc1cncc(C2=CC[C@H]3[C@@H]4CC(=O)C5CCCC[C@]5(C)C4CC[C@]23C)c1.Cc1cncc(C2=CC[C@H]3[C@@H]4CC(O)C5CCCC[C@]5(C)C4CC[C@]23C)c1. The molecule has 0 saturated heterocycles. The Labute approximate surface area is 643 Å². The number of rotatable bonds is 5. The summed E-state index contributed by atoms with van der Waals surface area (Å²) in [7, 11) is 1.70. The number of pyridine rings is 3. The molecular formula is C98H131N5O4. The number of aliphatic hydroxyl groups is 1. The van der Waals surface area contributed by atoms with Crippen LogP contribution in [0.2, 0.25) is 0 Å². The lowest BCUT2D eigenvalue weighted by Gasteiger charge is -2.61. The van der Waals surface area contributed by atoms with Crippen LogP contribution in [0.4, 0.5) is 0 Å². The van der Waals surface area contributed by atoms with Crippen molar-refractivity contribution in [3.8, 4) is 5.75 Å². The lowest BCUT2D eigenvalue weighted by atomic mass is 9.44. The Morgan fingerprint density at radius 3 is 1.50 bits per heavy atom. The van der Waals surface area contributed by atoms with Gasteiger partial charge in [-0.25, -0.2) is 4.98 Å². The highest BCUT2D eigenvalue weighted by molar-refractivity contribution is 5.85. The van der Waals surface area contributed by atoms with Crippen molar-refractivity contribution in [1.29, 1.82) is 0 Å². The summed E-state index contributed by atoms with van der Waals surface area (Å²) < 4.78 is 7.66. The minimum atomic E-state index is -0.0800. The zero-order chi connectivity index (χ0) is 74.4. The average molecular weight is 1440 g/mol. The first-order chi connectivity index (χ1) is 51.4. The number of nitrogens with zero attached hydrogens (tertiary/aromatic N) is 5. The third-order valence-corrected chi connectivity index (χ3v) is 35.8. The van der Waals surface area contributed by atoms with E-state index in [0.717, 1.165) is 86.2 Å². The van der Waals surface area contributed by atoms with Gasteiger partial charge >= 0.3 is 0 Å². The molecule has 0 aliphatic heterocycles. The van der Waals surface area contributed by atoms with E-state index in [0.29, 0.717) is 75.7 Å². The van der Waals surface area contributed by atoms with E-state index in [1.165, 1.54) is 198 Å². The maximum atomic E-state index is 13.2. The van der Waals surface area contributed by atoms with E-state index in [-0.39, 0.29) is 38.6 Å². The van der Waals surface area contributed by atoms with Gasteiger partial charge in [0.2, 0.25) is 0 Å². The van der Waals surface area contributed by atoms with Crippen LogP contribution in [-0.4, -0.2) is 54.4 Å². The largest absolute Gasteiger partial charge is 0.495 e. The molecule has 0 amide bonds. The molecule has 0 bridgehead atoms. The summed E-state index contributed by atoms with van der Waals surface area (Å²) in [4.78, 5) is 43.9. The zero-order valence-electron chi connectivity index (χ0n) is 67.8. The third kappa shape index (κ3) is 12.0. The smallest absolute Gasteiger partial charge is 0.137 e. The fourth-order valence-electron chi connectivity index (χ4n) is 30.3. The normalized spacial score (nSPS) is 43.7. The number of aliphatic hydroxyl groups excluding tert-OH is 1. The van der Waals surface area contributed by atoms with Gasteiger partial charge in [-0.1, -0.05) is 142 Å². The number of ether oxygens (including phenoxy) is 1. The molecule has 0 spiro atoms. The van der Waals surface area contributed by atoms with Crippen molar-refractivity contribution in [2.75, 3.05) is 7.11 Å². The van der Waals surface area contributed by atoms with E-state index in [1.54, 1.807) is 24.5 Å². The molecule has 11 saturated carbocycles. The molecule has 107 heavy (non-hydrogen) atoms. The van der Waals surface area contributed by atoms with Gasteiger partial charge in [-0.05, 0) is 339 Å². The second kappa shape index (κ2) is 27.8. The van der Waals surface area contributed by atoms with E-state index in [9.17, 15) is 14.7 Å². The Hall–Kier alpha value is -5.80. The van der Waals surface area contributed by atoms with E-state index in [4.69, 9.17) is 4.74 Å². The number of aromatic nitrogens is 5. The topological polar surface area (TPSA) is 120 Å². The third-order valence-electron chi connectivity index (χ3n) is 35.8. The monoisotopic (exact) mass is 1440 g/mol. The summed E-state index contributed by atoms with van der Waals surface area (Å²) in [6.07, 6.45) is 69.7. The Morgan fingerprint density at radius 2 is 0.963 bits per heavy atom. The molecular weight excluding hydrogens is 1310 g/mol. The number of hydrogen-bond acceptors (Lipinski definition) is 8. The lowest BCUT2D eigenvalue weighted by Crippen LogP contribution is -2.56. The number of fused-ring (bicyclic) bond motifs is 20. The second-order valence-electron chi connectivity index (χ2n) is 40.7. The van der Waals surface area contributed by atoms with Crippen LogP contribution in [0, 0.1) is 146 Å². The first kappa shape index (κ1) is 74.0. The minimum absolute atomic E-state index is 0.0800. The number of ketones is 2. The molecule has 16 aliphatic rings. The highest BCUT2D eigenvalue weighted by atomic mass is 16.5. The quantitative estimate of drug-likeness (QED) is 0.196. The Bertz CT molecular complexity index is 4270. The number of Topliss-reactive ketones (excluding diaryl/α,β-unsaturated/α-hetero) is 2. The molecule has 20 rings (SSSR count). The molecule has 0 radical (unpaired) electrons. The van der Waals surface area contributed by atoms with Crippen LogP contribution >= 0.6 is 0 Å². The molecule has 4 heterocycles. The van der Waals surface area contributed by atoms with Gasteiger partial charge in [-0.15, -0.1) is 0 Å². The standard InChI is InChI=1S/C25H33NO2.C25H35NO.C25H33NO.C23H30N2/c1-24-10-5-4-6-22(24)23(27)13-18-20-8-7-19(25(20,2)11-9-21(18)24)16-12-17(28-3)15-26-14-16;2*1-16-12-17(15-26-14-16)19-7-8-20-18-13-23(27)22-6-4-5-10-24(22,2)21(18)9-11-25(19,20)3;1-16-8-10-22(2)17(14-16)4-5-18-19-6-7-21(25-13-12-24-15-25)23(19,3)11-9-20(18)22/h7,12,14-15,18,20-22H,4-6,8-11,13H2,1-3H3;7,12,14-15,18,20-23,27H,4-6,8-11,13H2,1-3H3;7,12,14-15,18,20-22H,4-6,8-11,13H2,1-3H3;4,6-7,12-13,15-16,18,20H,5,8-11,14H2,1-3H3/t18-,20-,21?,22?,24+,25+;18-,20-,21?,22?,23?,24+,25+;18-,20-,21?,22?,24+,25+;16-,18-,20?,22-,23-/m0000/s1. The predicted molar refractivity (Wildman–Crippen MR) is 433 cm³/mol. The van der Waals surface area contributed by atoms with Crippen LogP contribution in [0.15, 0.2) is 122 Å². The van der Waals surface area contributed by atoms with Crippen LogP contribution in [0.1, 0.15) is 283 Å². The van der Waals surface area contributed by atoms with Crippen LogP contribution in [-0.2, 0) is 9.59 Å². The van der Waals surface area contributed by atoms with E-state index >= 15 is 0 Å². The Kier molecular flexibility index (Phi) is 19.2. The number of carbonyl (C=O) groups is 2. The van der Waals surface area contributed by atoms with Crippen LogP contribution in [0.25, 0.3) is 22.4 Å². The molecule has 9 heteroatoms. The van der Waals surface area contributed by atoms with Gasteiger partial charge < -0.3 is 14.4 Å². The van der Waals surface area contributed by atoms with Crippen molar-refractivity contribution in [2.45, 2.75) is 275 Å². The van der Waals surface area contributed by atoms with Crippen molar-refractivity contribution >= 4 is 34.0 Å². The fraction of sp³-hybridized carbons (Fsp3) is 0.673. The maximum absolute atomic E-state index is 13.2. The van der Waals surface area contributed by atoms with Crippen molar-refractivity contribution < 1.29 is 19.4 Å². The number of hydrogen-bond donors (Lipinski definition) is 1. The molecule has 16 aliphatic carbocycles. The Balaban J connectivity index is 0.000000105. The first-order valence-corrected chi connectivity index (χ1v) is 43.7. The molecule has 572 valence electrons. The summed E-state index contributed by atoms with van der Waals surface area (Å²) >= 11 is 0. The summed E-state index contributed by atoms with van der Waals surface area (Å²) in [5, 5.41) is 11.1. The number of aryl methyl sites for hydroxylation is 2. The highest BCUT2D eigenvalue weighted by Gasteiger charge is 2.64. The summed E-state index contributed by atoms with van der Waals surface area (Å²) in [5.41, 5.74) is 17.9. The number of imidazole rings is 1. The molecule has 1 N–H and O–H groups in total. The molecule has 4 aromatic heterocycles. The molecule has 11 fully saturated rings. The van der Waals surface area contributed by atoms with Crippen molar-refractivity contribution in [1.82, 2.24) is 24.5 Å². The van der Waals surface area contributed by atoms with Gasteiger partial charge in [0, 0.05) is 79.2 Å². The van der Waals surface area contributed by atoms with Gasteiger partial charge in [-0.2, -0.15) is 0 Å².